The van der Waals surface area contributed by atoms with Crippen molar-refractivity contribution < 1.29 is 18.0 Å². The molecule has 0 N–H and O–H groups in total. The topological polar surface area (TPSA) is 81.2 Å². The minimum Gasteiger partial charge on any atom is -0.340 e. The van der Waals surface area contributed by atoms with Gasteiger partial charge in [-0.3, -0.25) is 9.59 Å². The van der Waals surface area contributed by atoms with Crippen LogP contribution in [-0.2, 0) is 19.8 Å². The lowest BCUT2D eigenvalue weighted by Gasteiger charge is -2.36. The zero-order chi connectivity index (χ0) is 18.3. The van der Waals surface area contributed by atoms with E-state index in [1.165, 1.54) is 22.7 Å². The number of hydrogen-bond donors (Lipinski definition) is 0. The van der Waals surface area contributed by atoms with Crippen LogP contribution in [0, 0.1) is 5.92 Å². The monoisotopic (exact) mass is 360 g/mol. The van der Waals surface area contributed by atoms with Crippen molar-refractivity contribution in [3.8, 4) is 0 Å². The van der Waals surface area contributed by atoms with Crippen LogP contribution >= 0.6 is 0 Å². The summed E-state index contributed by atoms with van der Waals surface area (Å²) in [5, 5.41) is 0. The molecule has 0 radical (unpaired) electrons. The average Bonchev–Trinajstić information content (AvgIpc) is 2.88. The lowest BCUT2D eigenvalue weighted by molar-refractivity contribution is -0.137. The fourth-order valence-corrected chi connectivity index (χ4v) is 4.24. The molecule has 0 aromatic rings. The summed E-state index contributed by atoms with van der Waals surface area (Å²) >= 11 is 0. The lowest BCUT2D eigenvalue weighted by Crippen LogP contribution is -2.54. The lowest BCUT2D eigenvalue weighted by atomic mass is 10.1. The van der Waals surface area contributed by atoms with Gasteiger partial charge in [-0.15, -0.1) is 0 Å². The van der Waals surface area contributed by atoms with Crippen LogP contribution in [0.25, 0.3) is 0 Å². The molecule has 2 fully saturated rings. The number of piperazine rings is 1. The van der Waals surface area contributed by atoms with Gasteiger partial charge in [0.15, 0.2) is 0 Å². The standard InChI is InChI=1S/C15H28N4O4S/c1-15(2,3)19-11-12(10-13(19)20)14(21)17-6-8-18(9-7-17)24(22,23)16(4)5/h12H,6-11H2,1-5H3. The van der Waals surface area contributed by atoms with Crippen molar-refractivity contribution in [2.24, 2.45) is 5.92 Å². The second-order valence-corrected chi connectivity index (χ2v) is 9.73. The van der Waals surface area contributed by atoms with Gasteiger partial charge in [0.2, 0.25) is 11.8 Å². The van der Waals surface area contributed by atoms with Crippen molar-refractivity contribution in [2.75, 3.05) is 46.8 Å². The highest BCUT2D eigenvalue weighted by Gasteiger charge is 2.41. The van der Waals surface area contributed by atoms with E-state index in [1.807, 2.05) is 20.8 Å². The predicted octanol–water partition coefficient (Wildman–Crippen LogP) is -0.416. The van der Waals surface area contributed by atoms with E-state index >= 15 is 0 Å². The summed E-state index contributed by atoms with van der Waals surface area (Å²) in [7, 11) is -0.442. The van der Waals surface area contributed by atoms with Crippen LogP contribution in [-0.4, -0.2) is 91.0 Å². The van der Waals surface area contributed by atoms with Gasteiger partial charge in [0.05, 0.1) is 5.92 Å². The minimum absolute atomic E-state index is 0.00896. The Hall–Kier alpha value is -1.19. The number of rotatable bonds is 3. The highest BCUT2D eigenvalue weighted by atomic mass is 32.2. The fourth-order valence-electron chi connectivity index (χ4n) is 3.15. The number of amides is 2. The molecule has 0 spiro atoms. The van der Waals surface area contributed by atoms with Crippen molar-refractivity contribution in [1.82, 2.24) is 18.4 Å². The van der Waals surface area contributed by atoms with Crippen molar-refractivity contribution >= 4 is 22.0 Å². The highest BCUT2D eigenvalue weighted by Crippen LogP contribution is 2.27. The molecule has 1 atom stereocenters. The normalized spacial score (nSPS) is 24.1. The molecule has 138 valence electrons. The summed E-state index contributed by atoms with van der Waals surface area (Å²) in [6, 6.07) is 0. The number of hydrogen-bond acceptors (Lipinski definition) is 4. The molecule has 2 heterocycles. The van der Waals surface area contributed by atoms with E-state index in [-0.39, 0.29) is 42.8 Å². The summed E-state index contributed by atoms with van der Waals surface area (Å²) in [6.07, 6.45) is 0.242. The third-order valence-electron chi connectivity index (χ3n) is 4.62. The summed E-state index contributed by atoms with van der Waals surface area (Å²) < 4.78 is 26.8. The van der Waals surface area contributed by atoms with Crippen molar-refractivity contribution in [3.63, 3.8) is 0 Å². The van der Waals surface area contributed by atoms with Gasteiger partial charge >= 0.3 is 0 Å². The van der Waals surface area contributed by atoms with Crippen LogP contribution in [0.1, 0.15) is 27.2 Å². The summed E-state index contributed by atoms with van der Waals surface area (Å²) in [5.74, 6) is -0.361. The first-order chi connectivity index (χ1) is 10.9. The van der Waals surface area contributed by atoms with Gasteiger partial charge in [-0.25, -0.2) is 0 Å². The number of likely N-dealkylation sites (tertiary alicyclic amines) is 1. The third-order valence-corrected chi connectivity index (χ3v) is 6.56. The second-order valence-electron chi connectivity index (χ2n) is 7.59. The zero-order valence-corrected chi connectivity index (χ0v) is 16.0. The first-order valence-electron chi connectivity index (χ1n) is 8.21. The smallest absolute Gasteiger partial charge is 0.281 e. The first-order valence-corrected chi connectivity index (χ1v) is 9.61. The van der Waals surface area contributed by atoms with Crippen molar-refractivity contribution in [1.29, 1.82) is 0 Å². The Morgan fingerprint density at radius 2 is 1.67 bits per heavy atom. The predicted molar refractivity (Wildman–Crippen MR) is 90.3 cm³/mol. The Labute approximate surface area is 144 Å². The first kappa shape index (κ1) is 19.1. The molecule has 9 heteroatoms. The Morgan fingerprint density at radius 3 is 2.08 bits per heavy atom. The molecule has 2 saturated heterocycles. The second kappa shape index (κ2) is 6.61. The van der Waals surface area contributed by atoms with Gasteiger partial charge < -0.3 is 9.80 Å². The molecule has 0 aromatic carbocycles. The van der Waals surface area contributed by atoms with Crippen molar-refractivity contribution in [3.05, 3.63) is 0 Å². The quantitative estimate of drug-likeness (QED) is 0.685. The highest BCUT2D eigenvalue weighted by molar-refractivity contribution is 7.86. The van der Waals surface area contributed by atoms with Crippen molar-refractivity contribution in [2.45, 2.75) is 32.7 Å². The van der Waals surface area contributed by atoms with E-state index in [0.717, 1.165) is 0 Å². The Bertz CT molecular complexity index is 603. The van der Waals surface area contributed by atoms with E-state index in [0.29, 0.717) is 19.6 Å². The van der Waals surface area contributed by atoms with E-state index in [4.69, 9.17) is 0 Å². The molecule has 0 bridgehead atoms. The zero-order valence-electron chi connectivity index (χ0n) is 15.2. The minimum atomic E-state index is -3.44. The SMILES string of the molecule is CN(C)S(=O)(=O)N1CCN(C(=O)C2CC(=O)N(C(C)(C)C)C2)CC1. The molecule has 2 rings (SSSR count). The van der Waals surface area contributed by atoms with Crippen LogP contribution in [0.2, 0.25) is 0 Å². The number of carbonyl (C=O) groups excluding carboxylic acids is 2. The van der Waals surface area contributed by atoms with Crippen LogP contribution in [0.5, 0.6) is 0 Å². The molecule has 1 unspecified atom stereocenters. The largest absolute Gasteiger partial charge is 0.340 e. The van der Waals surface area contributed by atoms with Crippen LogP contribution < -0.4 is 0 Å². The average molecular weight is 360 g/mol. The number of nitrogens with zero attached hydrogens (tertiary/aromatic N) is 4. The third kappa shape index (κ3) is 3.73. The molecule has 2 aliphatic rings. The Balaban J connectivity index is 1.96. The van der Waals surface area contributed by atoms with Gasteiger partial charge in [-0.2, -0.15) is 17.0 Å². The molecular formula is C15H28N4O4S. The maximum absolute atomic E-state index is 12.7. The maximum atomic E-state index is 12.7. The van der Waals surface area contributed by atoms with Crippen LogP contribution in [0.4, 0.5) is 0 Å². The Kier molecular flexibility index (Phi) is 5.27. The molecule has 2 amide bonds. The fraction of sp³-hybridized carbons (Fsp3) is 0.867. The van der Waals surface area contributed by atoms with Gasteiger partial charge in [-0.1, -0.05) is 0 Å². The van der Waals surface area contributed by atoms with E-state index in [9.17, 15) is 18.0 Å². The molecule has 0 aromatic heterocycles. The molecular weight excluding hydrogens is 332 g/mol. The molecule has 24 heavy (non-hydrogen) atoms. The number of carbonyl (C=O) groups is 2. The van der Waals surface area contributed by atoms with Gasteiger partial charge in [0, 0.05) is 58.8 Å². The molecule has 0 saturated carbocycles. The van der Waals surface area contributed by atoms with Gasteiger partial charge in [0.1, 0.15) is 0 Å². The van der Waals surface area contributed by atoms with E-state index in [1.54, 1.807) is 9.80 Å². The maximum Gasteiger partial charge on any atom is 0.281 e. The van der Waals surface area contributed by atoms with Gasteiger partial charge in [0.25, 0.3) is 10.2 Å². The summed E-state index contributed by atoms with van der Waals surface area (Å²) in [6.45, 7) is 7.63. The molecule has 8 nitrogen and oxygen atoms in total. The van der Waals surface area contributed by atoms with E-state index < -0.39 is 10.2 Å². The molecule has 2 aliphatic heterocycles. The summed E-state index contributed by atoms with van der Waals surface area (Å²) in [5.41, 5.74) is -0.287. The summed E-state index contributed by atoms with van der Waals surface area (Å²) in [4.78, 5) is 28.3. The van der Waals surface area contributed by atoms with Crippen LogP contribution in [0.3, 0.4) is 0 Å². The van der Waals surface area contributed by atoms with E-state index in [2.05, 4.69) is 0 Å². The van der Waals surface area contributed by atoms with Gasteiger partial charge in [-0.05, 0) is 20.8 Å². The van der Waals surface area contributed by atoms with Crippen LogP contribution in [0.15, 0.2) is 0 Å². The Morgan fingerprint density at radius 1 is 1.12 bits per heavy atom. The molecule has 0 aliphatic carbocycles.